The molecule has 0 aliphatic carbocycles. The molecule has 3 aromatic rings. The van der Waals surface area contributed by atoms with E-state index >= 15 is 0 Å². The topological polar surface area (TPSA) is 89.3 Å². The third-order valence-electron chi connectivity index (χ3n) is 5.53. The van der Waals surface area contributed by atoms with Crippen LogP contribution in [0.1, 0.15) is 11.3 Å². The van der Waals surface area contributed by atoms with Gasteiger partial charge in [-0.1, -0.05) is 11.6 Å². The highest BCUT2D eigenvalue weighted by Gasteiger charge is 2.46. The highest BCUT2D eigenvalue weighted by molar-refractivity contribution is 8.09. The monoisotopic (exact) mass is 473 g/mol. The zero-order valence-corrected chi connectivity index (χ0v) is 18.8. The Morgan fingerprint density at radius 3 is 2.81 bits per heavy atom. The van der Waals surface area contributed by atoms with Crippen molar-refractivity contribution in [1.82, 2.24) is 20.1 Å². The lowest BCUT2D eigenvalue weighted by Gasteiger charge is -2.33. The van der Waals surface area contributed by atoms with Crippen molar-refractivity contribution in [3.63, 3.8) is 0 Å². The number of anilines is 1. The third kappa shape index (κ3) is 3.05. The zero-order chi connectivity index (χ0) is 22.7. The van der Waals surface area contributed by atoms with E-state index in [4.69, 9.17) is 16.3 Å². The van der Waals surface area contributed by atoms with Gasteiger partial charge in [0.15, 0.2) is 11.6 Å². The molecule has 2 atom stereocenters. The van der Waals surface area contributed by atoms with E-state index in [1.807, 2.05) is 6.92 Å². The van der Waals surface area contributed by atoms with Crippen LogP contribution < -0.4 is 15.0 Å². The minimum absolute atomic E-state index is 0.0440. The van der Waals surface area contributed by atoms with Crippen LogP contribution in [0.3, 0.4) is 0 Å². The normalized spacial score (nSPS) is 20.4. The van der Waals surface area contributed by atoms with Crippen LogP contribution in [0.5, 0.6) is 5.75 Å². The van der Waals surface area contributed by atoms with Gasteiger partial charge in [0, 0.05) is 17.5 Å². The minimum atomic E-state index is -0.609. The quantitative estimate of drug-likeness (QED) is 0.624. The maximum Gasteiger partial charge on any atom is 0.329 e. The van der Waals surface area contributed by atoms with Crippen molar-refractivity contribution >= 4 is 56.8 Å². The molecule has 0 saturated carbocycles. The maximum atomic E-state index is 14.0. The fourth-order valence-electron chi connectivity index (χ4n) is 4.06. The molecule has 3 amide bonds. The largest absolute Gasteiger partial charge is 0.494 e. The van der Waals surface area contributed by atoms with E-state index in [9.17, 15) is 14.0 Å². The fraction of sp³-hybridized carbons (Fsp3) is 0.238. The van der Waals surface area contributed by atoms with Gasteiger partial charge >= 0.3 is 6.03 Å². The Balaban J connectivity index is 1.52. The molecule has 2 unspecified atom stereocenters. The number of carbonyl (C=O) groups excluding carboxylic acids is 2. The molecule has 1 fully saturated rings. The Kier molecular flexibility index (Phi) is 4.86. The van der Waals surface area contributed by atoms with Crippen molar-refractivity contribution in [3.8, 4) is 5.75 Å². The number of amides is 3. The van der Waals surface area contributed by atoms with Crippen LogP contribution in [-0.2, 0) is 11.8 Å². The van der Waals surface area contributed by atoms with Crippen molar-refractivity contribution < 1.29 is 18.7 Å². The molecule has 32 heavy (non-hydrogen) atoms. The number of imide groups is 1. The summed E-state index contributed by atoms with van der Waals surface area (Å²) in [7, 11) is 3.14. The van der Waals surface area contributed by atoms with Crippen LogP contribution in [0, 0.1) is 12.7 Å². The Morgan fingerprint density at radius 1 is 1.28 bits per heavy atom. The van der Waals surface area contributed by atoms with Gasteiger partial charge in [0.2, 0.25) is 0 Å². The predicted molar refractivity (Wildman–Crippen MR) is 120 cm³/mol. The van der Waals surface area contributed by atoms with Gasteiger partial charge < -0.3 is 10.1 Å². The number of methoxy groups -OCH3 is 1. The first-order valence-electron chi connectivity index (χ1n) is 9.63. The Hall–Kier alpha value is -3.11. The minimum Gasteiger partial charge on any atom is -0.494 e. The van der Waals surface area contributed by atoms with E-state index in [0.717, 1.165) is 4.90 Å². The van der Waals surface area contributed by atoms with Gasteiger partial charge in [0.05, 0.1) is 52.9 Å². The van der Waals surface area contributed by atoms with Crippen molar-refractivity contribution in [1.29, 1.82) is 0 Å². The summed E-state index contributed by atoms with van der Waals surface area (Å²) in [6, 6.07) is 1.58. The molecular weight excluding hydrogens is 457 g/mol. The number of thioether (sulfide) groups is 1. The second-order valence-corrected chi connectivity index (χ2v) is 9.04. The average Bonchev–Trinajstić information content (AvgIpc) is 3.29. The van der Waals surface area contributed by atoms with Crippen LogP contribution in [0.15, 0.2) is 30.6 Å². The number of urea groups is 1. The SMILES string of the molecule is COc1cc(C2=CC3NC(=O)N(c4cncc5c4c(C)nn5C)C(=O)C3S2)c(Cl)cc1F. The van der Waals surface area contributed by atoms with E-state index in [-0.39, 0.29) is 16.7 Å². The smallest absolute Gasteiger partial charge is 0.329 e. The molecule has 11 heteroatoms. The lowest BCUT2D eigenvalue weighted by Crippen LogP contribution is -2.60. The number of aromatic nitrogens is 3. The van der Waals surface area contributed by atoms with E-state index in [1.54, 1.807) is 24.0 Å². The zero-order valence-electron chi connectivity index (χ0n) is 17.2. The number of hydrogen-bond donors (Lipinski definition) is 1. The van der Waals surface area contributed by atoms with Crippen LogP contribution in [0.2, 0.25) is 5.02 Å². The highest BCUT2D eigenvalue weighted by Crippen LogP contribution is 2.46. The molecule has 1 aromatic carbocycles. The standard InChI is InChI=1S/C21H17ClFN5O3S/c1-9-18-14(27(2)26-9)7-24-8-15(18)28-20(29)19-13(25-21(28)30)6-17(32-19)10-4-16(31-3)12(23)5-11(10)22/h4-8,13,19H,1-3H3,(H,25,30). The summed E-state index contributed by atoms with van der Waals surface area (Å²) in [5.41, 5.74) is 2.31. The number of halogens is 2. The number of benzene rings is 1. The molecule has 2 aliphatic rings. The molecule has 164 valence electrons. The number of ether oxygens (including phenoxy) is 1. The number of nitrogens with zero attached hydrogens (tertiary/aromatic N) is 4. The van der Waals surface area contributed by atoms with Gasteiger partial charge in [-0.05, 0) is 25.1 Å². The Labute approximate surface area is 191 Å². The van der Waals surface area contributed by atoms with Crippen molar-refractivity contribution in [2.75, 3.05) is 12.0 Å². The first-order valence-corrected chi connectivity index (χ1v) is 10.9. The number of hydrogen-bond acceptors (Lipinski definition) is 6. The number of fused-ring (bicyclic) bond motifs is 2. The lowest BCUT2D eigenvalue weighted by molar-refractivity contribution is -0.118. The molecule has 0 spiro atoms. The van der Waals surface area contributed by atoms with Gasteiger partial charge in [-0.3, -0.25) is 14.5 Å². The lowest BCUT2D eigenvalue weighted by atomic mass is 10.1. The molecule has 1 saturated heterocycles. The van der Waals surface area contributed by atoms with Crippen molar-refractivity contribution in [2.24, 2.45) is 7.05 Å². The number of nitrogens with one attached hydrogen (secondary N) is 1. The third-order valence-corrected chi connectivity index (χ3v) is 7.20. The van der Waals surface area contributed by atoms with E-state index < -0.39 is 23.1 Å². The van der Waals surface area contributed by atoms with Gasteiger partial charge in [0.1, 0.15) is 5.25 Å². The summed E-state index contributed by atoms with van der Waals surface area (Å²) in [6.07, 6.45) is 4.89. The summed E-state index contributed by atoms with van der Waals surface area (Å²) < 4.78 is 20.7. The summed E-state index contributed by atoms with van der Waals surface area (Å²) >= 11 is 7.52. The maximum absolute atomic E-state index is 14.0. The fourth-order valence-corrected chi connectivity index (χ4v) is 5.67. The molecule has 4 heterocycles. The molecule has 8 nitrogen and oxygen atoms in total. The van der Waals surface area contributed by atoms with Crippen molar-refractivity contribution in [2.45, 2.75) is 18.2 Å². The highest BCUT2D eigenvalue weighted by atomic mass is 35.5. The Bertz CT molecular complexity index is 1340. The van der Waals surface area contributed by atoms with Gasteiger partial charge in [-0.2, -0.15) is 5.10 Å². The second kappa shape index (κ2) is 7.49. The first-order chi connectivity index (χ1) is 15.3. The molecule has 2 aromatic heterocycles. The summed E-state index contributed by atoms with van der Waals surface area (Å²) in [5.74, 6) is -0.912. The van der Waals surface area contributed by atoms with Crippen LogP contribution >= 0.6 is 23.4 Å². The van der Waals surface area contributed by atoms with Crippen LogP contribution in [0.4, 0.5) is 14.9 Å². The number of pyridine rings is 1. The first kappa shape index (κ1) is 20.8. The van der Waals surface area contributed by atoms with E-state index in [1.165, 1.54) is 37.2 Å². The molecule has 2 aliphatic heterocycles. The Morgan fingerprint density at radius 2 is 2.06 bits per heavy atom. The molecule has 0 radical (unpaired) electrons. The van der Waals surface area contributed by atoms with E-state index in [2.05, 4.69) is 15.4 Å². The van der Waals surface area contributed by atoms with Gasteiger partial charge in [0.25, 0.3) is 5.91 Å². The number of aryl methyl sites for hydroxylation is 2. The van der Waals surface area contributed by atoms with Crippen LogP contribution in [-0.4, -0.2) is 45.1 Å². The van der Waals surface area contributed by atoms with Gasteiger partial charge in [-0.15, -0.1) is 11.8 Å². The van der Waals surface area contributed by atoms with E-state index in [0.29, 0.717) is 32.8 Å². The summed E-state index contributed by atoms with van der Waals surface area (Å²) in [5, 5.41) is 7.52. The van der Waals surface area contributed by atoms with Gasteiger partial charge in [-0.25, -0.2) is 14.1 Å². The number of carbonyl (C=O) groups is 2. The average molecular weight is 474 g/mol. The molecule has 1 N–H and O–H groups in total. The molecule has 5 rings (SSSR count). The summed E-state index contributed by atoms with van der Waals surface area (Å²) in [4.78, 5) is 32.4. The number of rotatable bonds is 3. The van der Waals surface area contributed by atoms with Crippen LogP contribution in [0.25, 0.3) is 15.8 Å². The predicted octanol–water partition coefficient (Wildman–Crippen LogP) is 3.66. The summed E-state index contributed by atoms with van der Waals surface area (Å²) in [6.45, 7) is 1.81. The second-order valence-electron chi connectivity index (χ2n) is 7.45. The molecular formula is C21H17ClFN5O3S. The molecule has 0 bridgehead atoms. The van der Waals surface area contributed by atoms with Crippen molar-refractivity contribution in [3.05, 3.63) is 52.7 Å².